The zero-order valence-corrected chi connectivity index (χ0v) is 14.4. The lowest BCUT2D eigenvalue weighted by Gasteiger charge is -2.23. The molecule has 1 heterocycles. The first-order valence-corrected chi connectivity index (χ1v) is 7.76. The van der Waals surface area contributed by atoms with Gasteiger partial charge in [-0.1, -0.05) is 0 Å². The van der Waals surface area contributed by atoms with Crippen LogP contribution in [-0.4, -0.2) is 37.0 Å². The molecule has 2 aromatic rings. The maximum absolute atomic E-state index is 12.1. The molecule has 0 bridgehead atoms. The molecule has 0 radical (unpaired) electrons. The molecule has 2 N–H and O–H groups in total. The van der Waals surface area contributed by atoms with Crippen LogP contribution >= 0.6 is 12.2 Å². The van der Waals surface area contributed by atoms with E-state index in [-0.39, 0.29) is 11.8 Å². The van der Waals surface area contributed by atoms with Crippen LogP contribution in [0.3, 0.4) is 0 Å². The Kier molecular flexibility index (Phi) is 6.27. The number of hydrogen-bond acceptors (Lipinski definition) is 4. The van der Waals surface area contributed by atoms with Crippen LogP contribution in [0.1, 0.15) is 11.8 Å². The number of rotatable bonds is 6. The van der Waals surface area contributed by atoms with E-state index in [9.17, 15) is 13.2 Å². The molecule has 1 aromatic heterocycles. The number of hydrogen-bond donors (Lipinski definition) is 2. The predicted molar refractivity (Wildman–Crippen MR) is 92.5 cm³/mol. The number of nitrogens with one attached hydrogen (secondary N) is 2. The van der Waals surface area contributed by atoms with Crippen molar-refractivity contribution in [1.82, 2.24) is 10.2 Å². The molecule has 136 valence electrons. The van der Waals surface area contributed by atoms with Gasteiger partial charge < -0.3 is 19.8 Å². The Bertz CT molecular complexity index is 673. The normalized spacial score (nSPS) is 12.7. The van der Waals surface area contributed by atoms with Crippen LogP contribution in [-0.2, 0) is 0 Å². The van der Waals surface area contributed by atoms with Gasteiger partial charge in [-0.05, 0) is 62.7 Å². The molecule has 25 heavy (non-hydrogen) atoms. The standard InChI is InChI=1S/C16H18F3N3O2S/c1-22(2)13(14-4-3-9-23-14)10-20-15(25)21-11-5-7-12(8-6-11)24-16(17,18)19/h3-9,13H,10H2,1-2H3,(H2,20,21,25)/t13-/m1/s1. The number of alkyl halides is 3. The molecular weight excluding hydrogens is 355 g/mol. The maximum atomic E-state index is 12.1. The zero-order valence-electron chi connectivity index (χ0n) is 13.6. The molecule has 0 saturated carbocycles. The summed E-state index contributed by atoms with van der Waals surface area (Å²) in [5.41, 5.74) is 0.548. The molecule has 1 atom stereocenters. The first-order valence-electron chi connectivity index (χ1n) is 7.35. The van der Waals surface area contributed by atoms with Crippen molar-refractivity contribution in [3.63, 3.8) is 0 Å². The molecular formula is C16H18F3N3O2S. The van der Waals surface area contributed by atoms with E-state index in [1.54, 1.807) is 6.26 Å². The minimum absolute atomic E-state index is 0.0164. The average molecular weight is 373 g/mol. The van der Waals surface area contributed by atoms with Crippen molar-refractivity contribution < 1.29 is 22.3 Å². The second-order valence-electron chi connectivity index (χ2n) is 5.40. The Morgan fingerprint density at radius 1 is 1.24 bits per heavy atom. The number of nitrogens with zero attached hydrogens (tertiary/aromatic N) is 1. The smallest absolute Gasteiger partial charge is 0.468 e. The van der Waals surface area contributed by atoms with Gasteiger partial charge >= 0.3 is 6.36 Å². The minimum Gasteiger partial charge on any atom is -0.468 e. The van der Waals surface area contributed by atoms with Crippen LogP contribution in [0.15, 0.2) is 47.1 Å². The summed E-state index contributed by atoms with van der Waals surface area (Å²) in [6.07, 6.45) is -3.11. The third kappa shape index (κ3) is 6.28. The highest BCUT2D eigenvalue weighted by molar-refractivity contribution is 7.80. The minimum atomic E-state index is -4.71. The quantitative estimate of drug-likeness (QED) is 0.752. The Morgan fingerprint density at radius 2 is 1.92 bits per heavy atom. The second-order valence-corrected chi connectivity index (χ2v) is 5.81. The van der Waals surface area contributed by atoms with Crippen molar-refractivity contribution in [3.05, 3.63) is 48.4 Å². The number of benzene rings is 1. The monoisotopic (exact) mass is 373 g/mol. The van der Waals surface area contributed by atoms with E-state index in [0.717, 1.165) is 5.76 Å². The van der Waals surface area contributed by atoms with Gasteiger partial charge in [-0.25, -0.2) is 0 Å². The van der Waals surface area contributed by atoms with Crippen molar-refractivity contribution in [2.75, 3.05) is 26.0 Å². The lowest BCUT2D eigenvalue weighted by Crippen LogP contribution is -2.36. The molecule has 0 spiro atoms. The highest BCUT2D eigenvalue weighted by Crippen LogP contribution is 2.24. The second kappa shape index (κ2) is 8.21. The Balaban J connectivity index is 1.87. The largest absolute Gasteiger partial charge is 0.573 e. The van der Waals surface area contributed by atoms with Gasteiger partial charge in [0.25, 0.3) is 0 Å². The van der Waals surface area contributed by atoms with Crippen LogP contribution in [0.25, 0.3) is 0 Å². The van der Waals surface area contributed by atoms with E-state index in [0.29, 0.717) is 17.3 Å². The van der Waals surface area contributed by atoms with Gasteiger partial charge in [-0.2, -0.15) is 0 Å². The number of ether oxygens (including phenoxy) is 1. The number of thiocarbonyl (C=S) groups is 1. The summed E-state index contributed by atoms with van der Waals surface area (Å²) >= 11 is 5.21. The van der Waals surface area contributed by atoms with Crippen molar-refractivity contribution in [2.24, 2.45) is 0 Å². The summed E-state index contributed by atoms with van der Waals surface area (Å²) < 4.78 is 45.6. The number of likely N-dealkylation sites (N-methyl/N-ethyl adjacent to an activating group) is 1. The molecule has 0 fully saturated rings. The van der Waals surface area contributed by atoms with E-state index >= 15 is 0 Å². The third-order valence-corrected chi connectivity index (χ3v) is 3.54. The lowest BCUT2D eigenvalue weighted by atomic mass is 10.2. The average Bonchev–Trinajstić information content (AvgIpc) is 3.02. The van der Waals surface area contributed by atoms with E-state index in [2.05, 4.69) is 15.4 Å². The number of anilines is 1. The van der Waals surface area contributed by atoms with Crippen LogP contribution < -0.4 is 15.4 Å². The molecule has 0 unspecified atom stereocenters. The van der Waals surface area contributed by atoms with Crippen molar-refractivity contribution in [2.45, 2.75) is 12.4 Å². The molecule has 0 aliphatic rings. The van der Waals surface area contributed by atoms with Gasteiger partial charge in [0, 0.05) is 12.2 Å². The SMILES string of the molecule is CN(C)[C@H](CNC(=S)Nc1ccc(OC(F)(F)F)cc1)c1ccco1. The fourth-order valence-electron chi connectivity index (χ4n) is 2.12. The molecule has 0 amide bonds. The predicted octanol–water partition coefficient (Wildman–Crippen LogP) is 3.77. The van der Waals surface area contributed by atoms with Crippen molar-refractivity contribution in [3.8, 4) is 5.75 Å². The summed E-state index contributed by atoms with van der Waals surface area (Å²) in [6.45, 7) is 0.502. The molecule has 0 aliphatic carbocycles. The van der Waals surface area contributed by atoms with Crippen LogP contribution in [0.4, 0.5) is 18.9 Å². The van der Waals surface area contributed by atoms with Gasteiger partial charge in [-0.3, -0.25) is 4.90 Å². The number of furan rings is 1. The van der Waals surface area contributed by atoms with Crippen LogP contribution in [0.5, 0.6) is 5.75 Å². The Morgan fingerprint density at radius 3 is 2.44 bits per heavy atom. The summed E-state index contributed by atoms with van der Waals surface area (Å²) in [6, 6.07) is 9.00. The van der Waals surface area contributed by atoms with Gasteiger partial charge in [0.1, 0.15) is 11.5 Å². The molecule has 9 heteroatoms. The molecule has 0 aliphatic heterocycles. The van der Waals surface area contributed by atoms with Gasteiger partial charge in [0.15, 0.2) is 5.11 Å². The van der Waals surface area contributed by atoms with E-state index < -0.39 is 6.36 Å². The summed E-state index contributed by atoms with van der Waals surface area (Å²) in [7, 11) is 3.84. The number of halogens is 3. The topological polar surface area (TPSA) is 49.7 Å². The summed E-state index contributed by atoms with van der Waals surface area (Å²) in [5.74, 6) is 0.511. The Labute approximate surface area is 148 Å². The maximum Gasteiger partial charge on any atom is 0.573 e. The van der Waals surface area contributed by atoms with E-state index in [4.69, 9.17) is 16.6 Å². The van der Waals surface area contributed by atoms with Crippen LogP contribution in [0.2, 0.25) is 0 Å². The van der Waals surface area contributed by atoms with Gasteiger partial charge in [0.05, 0.1) is 12.3 Å². The van der Waals surface area contributed by atoms with Crippen molar-refractivity contribution in [1.29, 1.82) is 0 Å². The fraction of sp³-hybridized carbons (Fsp3) is 0.312. The highest BCUT2D eigenvalue weighted by Gasteiger charge is 2.30. The third-order valence-electron chi connectivity index (χ3n) is 3.30. The van der Waals surface area contributed by atoms with E-state index in [1.807, 2.05) is 31.1 Å². The molecule has 5 nitrogen and oxygen atoms in total. The molecule has 0 saturated heterocycles. The lowest BCUT2D eigenvalue weighted by molar-refractivity contribution is -0.274. The Hall–Kier alpha value is -2.26. The van der Waals surface area contributed by atoms with Crippen LogP contribution in [0, 0.1) is 0 Å². The summed E-state index contributed by atoms with van der Waals surface area (Å²) in [5, 5.41) is 6.32. The van der Waals surface area contributed by atoms with Gasteiger partial charge in [-0.15, -0.1) is 13.2 Å². The molecule has 2 rings (SSSR count). The first-order chi connectivity index (χ1) is 11.7. The zero-order chi connectivity index (χ0) is 18.4. The summed E-state index contributed by atoms with van der Waals surface area (Å²) in [4.78, 5) is 1.98. The fourth-order valence-corrected chi connectivity index (χ4v) is 2.32. The van der Waals surface area contributed by atoms with Gasteiger partial charge in [0.2, 0.25) is 0 Å². The first kappa shape index (κ1) is 19.1. The highest BCUT2D eigenvalue weighted by atomic mass is 32.1. The van der Waals surface area contributed by atoms with Crippen molar-refractivity contribution >= 4 is 23.0 Å². The van der Waals surface area contributed by atoms with E-state index in [1.165, 1.54) is 24.3 Å². The molecule has 1 aromatic carbocycles.